The molecule has 0 fully saturated rings. The molecular formula is C28H21N2+. The van der Waals surface area contributed by atoms with Gasteiger partial charge in [-0.3, -0.25) is 0 Å². The molecule has 0 saturated heterocycles. The van der Waals surface area contributed by atoms with E-state index in [1.165, 1.54) is 27.9 Å². The van der Waals surface area contributed by atoms with Gasteiger partial charge in [-0.05, 0) is 28.8 Å². The van der Waals surface area contributed by atoms with Crippen molar-refractivity contribution in [2.45, 2.75) is 23.8 Å². The van der Waals surface area contributed by atoms with Crippen LogP contribution in [0.5, 0.6) is 0 Å². The largest absolute Gasteiger partial charge is 0.195 e. The highest BCUT2D eigenvalue weighted by molar-refractivity contribution is 5.56. The first-order valence-corrected chi connectivity index (χ1v) is 10.5. The Bertz CT molecular complexity index is 1250. The third kappa shape index (κ3) is 2.21. The lowest BCUT2D eigenvalue weighted by atomic mass is 9.53. The van der Waals surface area contributed by atoms with Crippen molar-refractivity contribution in [3.05, 3.63) is 137 Å². The molecule has 2 bridgehead atoms. The lowest BCUT2D eigenvalue weighted by Crippen LogP contribution is -2.60. The Morgan fingerprint density at radius 2 is 1.43 bits per heavy atom. The van der Waals surface area contributed by atoms with Crippen molar-refractivity contribution in [1.29, 1.82) is 5.26 Å². The van der Waals surface area contributed by atoms with Gasteiger partial charge in [0.1, 0.15) is 0 Å². The van der Waals surface area contributed by atoms with Gasteiger partial charge in [-0.1, -0.05) is 72.8 Å². The molecule has 0 amide bonds. The fourth-order valence-electron chi connectivity index (χ4n) is 5.86. The highest BCUT2D eigenvalue weighted by Gasteiger charge is 2.59. The van der Waals surface area contributed by atoms with Crippen molar-refractivity contribution in [2.24, 2.45) is 0 Å². The van der Waals surface area contributed by atoms with E-state index >= 15 is 0 Å². The molecule has 7 rings (SSSR count). The molecule has 0 N–H and O–H groups in total. The van der Waals surface area contributed by atoms with Crippen molar-refractivity contribution < 1.29 is 4.57 Å². The predicted octanol–water partition coefficient (Wildman–Crippen LogP) is 5.27. The highest BCUT2D eigenvalue weighted by Crippen LogP contribution is 2.59. The lowest BCUT2D eigenvalue weighted by Gasteiger charge is -2.50. The topological polar surface area (TPSA) is 27.7 Å². The molecule has 1 aromatic heterocycles. The van der Waals surface area contributed by atoms with Crippen LogP contribution < -0.4 is 4.57 Å². The SMILES string of the molecule is N#Cc1ccc2c(c1)C1c3cccc[n+]3C2CC1(c1ccccc1)c1ccccc1. The monoisotopic (exact) mass is 385 g/mol. The maximum atomic E-state index is 9.61. The molecule has 1 aliphatic carbocycles. The molecule has 30 heavy (non-hydrogen) atoms. The van der Waals surface area contributed by atoms with Crippen LogP contribution in [0.25, 0.3) is 0 Å². The number of fused-ring (bicyclic) bond motifs is 1. The van der Waals surface area contributed by atoms with Crippen LogP contribution in [-0.2, 0) is 5.41 Å². The quantitative estimate of drug-likeness (QED) is 0.432. The molecular weight excluding hydrogens is 364 g/mol. The number of aromatic nitrogens is 1. The van der Waals surface area contributed by atoms with Gasteiger partial charge < -0.3 is 0 Å². The van der Waals surface area contributed by atoms with E-state index in [4.69, 9.17) is 0 Å². The molecule has 2 aliphatic heterocycles. The molecule has 2 nitrogen and oxygen atoms in total. The van der Waals surface area contributed by atoms with Crippen LogP contribution in [0.3, 0.4) is 0 Å². The Morgan fingerprint density at radius 3 is 2.10 bits per heavy atom. The average Bonchev–Trinajstić information content (AvgIpc) is 2.84. The van der Waals surface area contributed by atoms with Gasteiger partial charge in [0.25, 0.3) is 0 Å². The molecule has 2 heteroatoms. The van der Waals surface area contributed by atoms with Gasteiger partial charge in [-0.15, -0.1) is 0 Å². The first-order valence-electron chi connectivity index (χ1n) is 10.5. The Balaban J connectivity index is 1.73. The Kier molecular flexibility index (Phi) is 3.67. The van der Waals surface area contributed by atoms with Crippen molar-refractivity contribution in [3.8, 4) is 6.07 Å². The molecule has 4 aromatic rings. The zero-order valence-corrected chi connectivity index (χ0v) is 16.6. The van der Waals surface area contributed by atoms with E-state index < -0.39 is 0 Å². The van der Waals surface area contributed by atoms with Gasteiger partial charge in [-0.25, -0.2) is 0 Å². The predicted molar refractivity (Wildman–Crippen MR) is 116 cm³/mol. The standard InChI is InChI=1S/C28H21N2/c29-19-20-14-15-23-24(17-20)27-25-13-7-8-16-30(25)26(23)18-28(27,21-9-3-1-4-10-21)22-11-5-2-6-12-22/h1-17,26-27H,18H2/q+1. The summed E-state index contributed by atoms with van der Waals surface area (Å²) in [6.45, 7) is 0. The maximum Gasteiger partial charge on any atom is 0.190 e. The molecule has 2 atom stereocenters. The van der Waals surface area contributed by atoms with E-state index in [9.17, 15) is 5.26 Å². The summed E-state index contributed by atoms with van der Waals surface area (Å²) >= 11 is 0. The van der Waals surface area contributed by atoms with Gasteiger partial charge >= 0.3 is 0 Å². The van der Waals surface area contributed by atoms with Gasteiger partial charge in [-0.2, -0.15) is 9.83 Å². The van der Waals surface area contributed by atoms with Crippen molar-refractivity contribution in [2.75, 3.05) is 0 Å². The summed E-state index contributed by atoms with van der Waals surface area (Å²) in [7, 11) is 0. The van der Waals surface area contributed by atoms with Crippen LogP contribution in [0.15, 0.2) is 103 Å². The van der Waals surface area contributed by atoms with Gasteiger partial charge in [0.2, 0.25) is 0 Å². The summed E-state index contributed by atoms with van der Waals surface area (Å²) in [4.78, 5) is 0. The molecule has 3 aromatic carbocycles. The van der Waals surface area contributed by atoms with Crippen molar-refractivity contribution >= 4 is 0 Å². The van der Waals surface area contributed by atoms with E-state index in [1.54, 1.807) is 0 Å². The Labute approximate surface area is 176 Å². The van der Waals surface area contributed by atoms with Crippen LogP contribution in [0, 0.1) is 11.3 Å². The number of nitriles is 1. The van der Waals surface area contributed by atoms with E-state index in [1.807, 2.05) is 6.07 Å². The summed E-state index contributed by atoms with van der Waals surface area (Å²) in [6.07, 6.45) is 3.22. The van der Waals surface area contributed by atoms with Crippen LogP contribution in [0.1, 0.15) is 51.9 Å². The summed E-state index contributed by atoms with van der Waals surface area (Å²) in [6, 6.07) is 37.3. The smallest absolute Gasteiger partial charge is 0.190 e. The fraction of sp³-hybridized carbons (Fsp3) is 0.143. The van der Waals surface area contributed by atoms with Crippen LogP contribution in [0.4, 0.5) is 0 Å². The minimum Gasteiger partial charge on any atom is -0.195 e. The number of pyridine rings is 1. The minimum atomic E-state index is -0.171. The third-order valence-electron chi connectivity index (χ3n) is 7.03. The normalized spacial score (nSPS) is 20.1. The molecule has 0 spiro atoms. The van der Waals surface area contributed by atoms with E-state index in [2.05, 4.69) is 108 Å². The summed E-state index contributed by atoms with van der Waals surface area (Å²) < 4.78 is 2.45. The highest BCUT2D eigenvalue weighted by atomic mass is 15.0. The van der Waals surface area contributed by atoms with Crippen LogP contribution in [0.2, 0.25) is 0 Å². The molecule has 142 valence electrons. The molecule has 0 saturated carbocycles. The summed E-state index contributed by atoms with van der Waals surface area (Å²) in [5.41, 5.74) is 7.22. The van der Waals surface area contributed by atoms with E-state index in [-0.39, 0.29) is 17.4 Å². The second-order valence-corrected chi connectivity index (χ2v) is 8.34. The van der Waals surface area contributed by atoms with Gasteiger partial charge in [0, 0.05) is 29.5 Å². The number of hydrogen-bond donors (Lipinski definition) is 0. The van der Waals surface area contributed by atoms with Gasteiger partial charge in [0.15, 0.2) is 17.9 Å². The zero-order valence-electron chi connectivity index (χ0n) is 16.6. The van der Waals surface area contributed by atoms with E-state index in [0.717, 1.165) is 12.0 Å². The number of nitrogens with zero attached hydrogens (tertiary/aromatic N) is 2. The molecule has 3 heterocycles. The van der Waals surface area contributed by atoms with Gasteiger partial charge in [0.05, 0.1) is 17.6 Å². The maximum absolute atomic E-state index is 9.61. The Hall–Kier alpha value is -3.70. The van der Waals surface area contributed by atoms with E-state index in [0.29, 0.717) is 0 Å². The fourth-order valence-corrected chi connectivity index (χ4v) is 5.86. The zero-order chi connectivity index (χ0) is 20.1. The third-order valence-corrected chi connectivity index (χ3v) is 7.03. The number of hydrogen-bond acceptors (Lipinski definition) is 1. The lowest BCUT2D eigenvalue weighted by molar-refractivity contribution is -0.732. The second-order valence-electron chi connectivity index (χ2n) is 8.34. The van der Waals surface area contributed by atoms with Crippen molar-refractivity contribution in [1.82, 2.24) is 0 Å². The molecule has 2 unspecified atom stereocenters. The first kappa shape index (κ1) is 17.2. The second kappa shape index (κ2) is 6.40. The minimum absolute atomic E-state index is 0.150. The van der Waals surface area contributed by atoms with Crippen LogP contribution >= 0.6 is 0 Å². The molecule has 0 radical (unpaired) electrons. The number of rotatable bonds is 2. The Morgan fingerprint density at radius 1 is 0.767 bits per heavy atom. The van der Waals surface area contributed by atoms with Crippen LogP contribution in [-0.4, -0.2) is 0 Å². The first-order chi connectivity index (χ1) is 14.8. The average molecular weight is 385 g/mol. The van der Waals surface area contributed by atoms with Crippen molar-refractivity contribution in [3.63, 3.8) is 0 Å². The molecule has 3 aliphatic rings. The summed E-state index contributed by atoms with van der Waals surface area (Å²) in [5, 5.41) is 9.61. The summed E-state index contributed by atoms with van der Waals surface area (Å²) in [5.74, 6) is 0.150. The number of benzene rings is 3.